The van der Waals surface area contributed by atoms with Crippen molar-refractivity contribution in [2.45, 2.75) is 75.8 Å². The molecule has 0 radical (unpaired) electrons. The van der Waals surface area contributed by atoms with Gasteiger partial charge in [-0.3, -0.25) is 19.2 Å². The number of ether oxygens (including phenoxy) is 5. The van der Waals surface area contributed by atoms with E-state index in [0.717, 1.165) is 11.1 Å². The number of amides is 2. The molecule has 2 amide bonds. The van der Waals surface area contributed by atoms with Crippen LogP contribution in [0.5, 0.6) is 0 Å². The second kappa shape index (κ2) is 23.5. The van der Waals surface area contributed by atoms with Gasteiger partial charge in [0.25, 0.3) is 0 Å². The van der Waals surface area contributed by atoms with Crippen molar-refractivity contribution in [2.24, 2.45) is 11.8 Å². The summed E-state index contributed by atoms with van der Waals surface area (Å²) in [6.07, 6.45) is 1.83. The molecule has 0 aliphatic carbocycles. The van der Waals surface area contributed by atoms with Gasteiger partial charge in [0, 0.05) is 32.3 Å². The maximum Gasteiger partial charge on any atom is 0.233 e. The molecule has 0 saturated carbocycles. The van der Waals surface area contributed by atoms with Crippen LogP contribution in [-0.2, 0) is 55.7 Å². The van der Waals surface area contributed by atoms with Crippen molar-refractivity contribution in [3.63, 3.8) is 0 Å². The van der Waals surface area contributed by atoms with Crippen LogP contribution in [0.3, 0.4) is 0 Å². The Balaban J connectivity index is 1.70. The number of aryl methyl sites for hydroxylation is 1. The van der Waals surface area contributed by atoms with Crippen LogP contribution in [0.1, 0.15) is 51.2 Å². The number of Topliss-reactive ketones (excluding diaryl/α,β-unsaturated/α-hetero) is 2. The predicted octanol–water partition coefficient (Wildman–Crippen LogP) is 4.24. The number of hydrogen-bond donors (Lipinski definition) is 2. The maximum atomic E-state index is 14.0. The SMILES string of the molecule is COCCOCCOCCS[C@@H](CCc1ccccc1)C(=O)N[C@@H](COC)C(=O)C[C@@H](Cc1ccccc1)C(=O)N[C@@H](CC(C)C)C(=O)[C@@]1(C)CO1. The normalized spacial score (nSPS) is 17.6. The average molecular weight is 743 g/mol. The topological polar surface area (TPSA) is 142 Å². The largest absolute Gasteiger partial charge is 0.382 e. The summed E-state index contributed by atoms with van der Waals surface area (Å²) in [5.41, 5.74) is 1.10. The molecular formula is C40H58N2O9S. The number of benzene rings is 2. The van der Waals surface area contributed by atoms with Gasteiger partial charge < -0.3 is 34.3 Å². The summed E-state index contributed by atoms with van der Waals surface area (Å²) in [6.45, 7) is 8.35. The Morgan fingerprint density at radius 3 is 2.00 bits per heavy atom. The van der Waals surface area contributed by atoms with Crippen LogP contribution in [0.25, 0.3) is 0 Å². The zero-order chi connectivity index (χ0) is 37.8. The second-order valence-corrected chi connectivity index (χ2v) is 15.1. The molecule has 11 nitrogen and oxygen atoms in total. The summed E-state index contributed by atoms with van der Waals surface area (Å²) >= 11 is 1.48. The summed E-state index contributed by atoms with van der Waals surface area (Å²) < 4.78 is 26.9. The van der Waals surface area contributed by atoms with Crippen molar-refractivity contribution in [2.75, 3.05) is 66.2 Å². The predicted molar refractivity (Wildman–Crippen MR) is 202 cm³/mol. The molecule has 0 bridgehead atoms. The Labute approximate surface area is 313 Å². The van der Waals surface area contributed by atoms with Gasteiger partial charge in [-0.1, -0.05) is 74.5 Å². The van der Waals surface area contributed by atoms with Gasteiger partial charge in [0.15, 0.2) is 11.6 Å². The highest BCUT2D eigenvalue weighted by molar-refractivity contribution is 8.00. The molecule has 288 valence electrons. The van der Waals surface area contributed by atoms with E-state index in [-0.39, 0.29) is 48.7 Å². The minimum Gasteiger partial charge on any atom is -0.382 e. The van der Waals surface area contributed by atoms with Gasteiger partial charge in [-0.2, -0.15) is 0 Å². The monoisotopic (exact) mass is 742 g/mol. The fourth-order valence-electron chi connectivity index (χ4n) is 5.75. The van der Waals surface area contributed by atoms with Crippen LogP contribution >= 0.6 is 11.8 Å². The summed E-state index contributed by atoms with van der Waals surface area (Å²) in [5, 5.41) is 5.46. The number of rotatable bonds is 28. The molecule has 2 aromatic carbocycles. The summed E-state index contributed by atoms with van der Waals surface area (Å²) in [4.78, 5) is 55.0. The molecular weight excluding hydrogens is 685 g/mol. The third-order valence-corrected chi connectivity index (χ3v) is 10.1. The zero-order valence-electron chi connectivity index (χ0n) is 31.4. The zero-order valence-corrected chi connectivity index (χ0v) is 32.3. The number of thioether (sulfide) groups is 1. The van der Waals surface area contributed by atoms with Gasteiger partial charge in [-0.15, -0.1) is 11.8 Å². The molecule has 52 heavy (non-hydrogen) atoms. The highest BCUT2D eigenvalue weighted by Crippen LogP contribution is 2.30. The number of nitrogens with one attached hydrogen (secondary N) is 2. The van der Waals surface area contributed by atoms with Gasteiger partial charge >= 0.3 is 0 Å². The molecule has 0 aromatic heterocycles. The van der Waals surface area contributed by atoms with Crippen LogP contribution in [-0.4, -0.2) is 113 Å². The second-order valence-electron chi connectivity index (χ2n) is 13.7. The highest BCUT2D eigenvalue weighted by Gasteiger charge is 2.50. The lowest BCUT2D eigenvalue weighted by atomic mass is 9.89. The number of ketones is 2. The minimum atomic E-state index is -0.962. The lowest BCUT2D eigenvalue weighted by molar-refractivity contribution is -0.135. The molecule has 0 unspecified atom stereocenters. The molecule has 1 aliphatic heterocycles. The van der Waals surface area contributed by atoms with Crippen molar-refractivity contribution in [3.8, 4) is 0 Å². The third-order valence-electron chi connectivity index (χ3n) is 8.80. The fourth-order valence-corrected chi connectivity index (χ4v) is 6.75. The van der Waals surface area contributed by atoms with E-state index in [2.05, 4.69) is 10.6 Å². The van der Waals surface area contributed by atoms with Crippen molar-refractivity contribution in [1.29, 1.82) is 0 Å². The highest BCUT2D eigenvalue weighted by atomic mass is 32.2. The summed E-state index contributed by atoms with van der Waals surface area (Å²) in [6, 6.07) is 17.7. The number of carbonyl (C=O) groups excluding carboxylic acids is 4. The van der Waals surface area contributed by atoms with E-state index in [1.807, 2.05) is 74.5 Å². The molecule has 3 rings (SSSR count). The van der Waals surface area contributed by atoms with Crippen LogP contribution in [0.4, 0.5) is 0 Å². The number of methoxy groups -OCH3 is 2. The molecule has 1 saturated heterocycles. The lowest BCUT2D eigenvalue weighted by Gasteiger charge is -2.26. The standard InChI is InChI=1S/C40H58N2O9S/c1-29(2)24-33(37(44)40(3)28-51-40)41-38(45)32(25-31-14-10-7-11-15-31)26-35(43)34(27-48-5)42-39(46)36(17-16-30-12-8-6-9-13-30)52-23-22-50-21-20-49-19-18-47-4/h6-15,29,32-34,36H,16-28H2,1-5H3,(H,41,45)(H,42,46)/t32-,33+,34+,36+,40-/m1/s1. The van der Waals surface area contributed by atoms with E-state index in [0.29, 0.717) is 64.7 Å². The van der Waals surface area contributed by atoms with Crippen LogP contribution < -0.4 is 10.6 Å². The average Bonchev–Trinajstić information content (AvgIpc) is 3.89. The van der Waals surface area contributed by atoms with Crippen molar-refractivity contribution in [1.82, 2.24) is 10.6 Å². The van der Waals surface area contributed by atoms with Crippen LogP contribution in [0.15, 0.2) is 60.7 Å². The minimum absolute atomic E-state index is 0.0450. The van der Waals surface area contributed by atoms with Gasteiger partial charge in [0.1, 0.15) is 11.6 Å². The van der Waals surface area contributed by atoms with Crippen molar-refractivity contribution < 1.29 is 42.9 Å². The van der Waals surface area contributed by atoms with Crippen molar-refractivity contribution >= 4 is 35.1 Å². The molecule has 12 heteroatoms. The molecule has 1 fully saturated rings. The van der Waals surface area contributed by atoms with Crippen molar-refractivity contribution in [3.05, 3.63) is 71.8 Å². The Morgan fingerprint density at radius 1 is 0.808 bits per heavy atom. The summed E-state index contributed by atoms with van der Waals surface area (Å²) in [5.74, 6) is -1.20. The van der Waals surface area contributed by atoms with Crippen LogP contribution in [0, 0.1) is 11.8 Å². The van der Waals surface area contributed by atoms with Gasteiger partial charge in [0.2, 0.25) is 11.8 Å². The Morgan fingerprint density at radius 2 is 1.40 bits per heavy atom. The molecule has 5 atom stereocenters. The first kappa shape index (κ1) is 43.3. The smallest absolute Gasteiger partial charge is 0.233 e. The Hall–Kier alpha value is -3.13. The van der Waals surface area contributed by atoms with Gasteiger partial charge in [0.05, 0.1) is 57.5 Å². The molecule has 2 N–H and O–H groups in total. The molecule has 0 spiro atoms. The van der Waals surface area contributed by atoms with Crippen LogP contribution in [0.2, 0.25) is 0 Å². The van der Waals surface area contributed by atoms with E-state index >= 15 is 0 Å². The molecule has 2 aromatic rings. The number of hydrogen-bond acceptors (Lipinski definition) is 10. The first-order chi connectivity index (χ1) is 25.1. The van der Waals surface area contributed by atoms with Gasteiger partial charge in [-0.05, 0) is 49.7 Å². The van der Waals surface area contributed by atoms with E-state index in [1.165, 1.54) is 18.9 Å². The first-order valence-corrected chi connectivity index (χ1v) is 19.3. The van der Waals surface area contributed by atoms with E-state index in [9.17, 15) is 19.2 Å². The Bertz CT molecular complexity index is 1360. The van der Waals surface area contributed by atoms with E-state index in [4.69, 9.17) is 23.7 Å². The Kier molecular flexibility index (Phi) is 19.6. The third kappa shape index (κ3) is 15.9. The first-order valence-electron chi connectivity index (χ1n) is 18.2. The number of carbonyl (C=O) groups is 4. The maximum absolute atomic E-state index is 14.0. The molecule has 1 aliphatic rings. The lowest BCUT2D eigenvalue weighted by Crippen LogP contribution is -2.51. The molecule has 1 heterocycles. The van der Waals surface area contributed by atoms with E-state index in [1.54, 1.807) is 14.0 Å². The van der Waals surface area contributed by atoms with E-state index < -0.39 is 28.9 Å². The number of epoxide rings is 1. The fraction of sp³-hybridized carbons (Fsp3) is 0.600. The summed E-state index contributed by atoms with van der Waals surface area (Å²) in [7, 11) is 3.10. The quantitative estimate of drug-likeness (QED) is 0.0961. The van der Waals surface area contributed by atoms with Gasteiger partial charge in [-0.25, -0.2) is 0 Å².